The molecule has 10 heteroatoms. The van der Waals surface area contributed by atoms with Crippen LogP contribution in [0.2, 0.25) is 0 Å². The summed E-state index contributed by atoms with van der Waals surface area (Å²) in [6, 6.07) is 12.5. The van der Waals surface area contributed by atoms with Crippen molar-refractivity contribution in [1.29, 1.82) is 0 Å². The molecule has 0 heterocycles. The first-order chi connectivity index (χ1) is 39.4. The molecule has 0 aliphatic rings. The van der Waals surface area contributed by atoms with Gasteiger partial charge in [-0.2, -0.15) is 0 Å². The molecule has 4 aromatic carbocycles. The van der Waals surface area contributed by atoms with E-state index in [1.165, 1.54) is 103 Å². The van der Waals surface area contributed by atoms with Gasteiger partial charge in [0.25, 0.3) is 11.8 Å². The normalized spacial score (nSPS) is 11.4. The Balaban J connectivity index is 1.74. The van der Waals surface area contributed by atoms with Gasteiger partial charge in [-0.15, -0.1) is 0 Å². The summed E-state index contributed by atoms with van der Waals surface area (Å²) < 4.78 is 39.7. The first kappa shape index (κ1) is 67.9. The quantitative estimate of drug-likeness (QED) is 0.0332. The highest BCUT2D eigenvalue weighted by atomic mass is 16.5. The fourth-order valence-corrected chi connectivity index (χ4v) is 10.6. The highest BCUT2D eigenvalue weighted by molar-refractivity contribution is 6.27. The monoisotopic (exact) mass is 1110 g/mol. The Morgan fingerprint density at radius 1 is 0.263 bits per heavy atom. The Hall–Kier alpha value is -4.60. The summed E-state index contributed by atoms with van der Waals surface area (Å²) >= 11 is 0. The molecule has 0 radical (unpaired) electrons. The maximum absolute atomic E-state index is 13.5. The molecular weight excluding hydrogens is 997 g/mol. The van der Waals surface area contributed by atoms with Crippen LogP contribution in [0.3, 0.4) is 0 Å². The van der Waals surface area contributed by atoms with Crippen molar-refractivity contribution in [1.82, 2.24) is 10.6 Å². The lowest BCUT2D eigenvalue weighted by atomic mass is 9.93. The van der Waals surface area contributed by atoms with Gasteiger partial charge in [-0.3, -0.25) is 9.59 Å². The topological polar surface area (TPSA) is 114 Å². The van der Waals surface area contributed by atoms with E-state index in [1.54, 1.807) is 0 Å². The Kier molecular flexibility index (Phi) is 37.4. The number of hydrogen-bond acceptors (Lipinski definition) is 8. The standard InChI is InChI=1S/C70H114N2O8/c1-7-13-19-25-27-29-31-33-35-37-43-71-69(73)55-79-67-53-61-57-49-63(75-45-39-21-15-9-3)64(76-46-40-22-16-10-4)50-58(57)62-54-68(80-56-70(74)72-44-38-36-34-32-30-28-26-20-14-8-2)66(78-48-42-24-18-12-6)52-60(62)59(61)51-65(67)77-47-41-23-17-11-5/h49-54H,7-48,55-56H2,1-6H3,(H,71,73)(H,72,74). The fourth-order valence-electron chi connectivity index (χ4n) is 10.6. The number of ether oxygens (including phenoxy) is 6. The van der Waals surface area contributed by atoms with Crippen LogP contribution >= 0.6 is 0 Å². The Morgan fingerprint density at radius 2 is 0.450 bits per heavy atom. The molecule has 0 aromatic heterocycles. The van der Waals surface area contributed by atoms with Gasteiger partial charge in [-0.05, 0) is 107 Å². The number of hydrogen-bond donors (Lipinski definition) is 2. The van der Waals surface area contributed by atoms with E-state index in [0.29, 0.717) is 74.0 Å². The SMILES string of the molecule is CCCCCCCCCCCCNC(=O)COc1cc2c3cc(OCCCCCC)c(OCCCCCC)cc3c3cc(OCC(=O)NCCCCCCCCCCCC)c(OCCCCCC)cc3c2cc1OCCCCCC. The van der Waals surface area contributed by atoms with Crippen molar-refractivity contribution in [2.45, 2.75) is 273 Å². The number of benzene rings is 4. The molecule has 4 rings (SSSR count). The molecule has 0 fully saturated rings. The number of amides is 2. The molecule has 2 amide bonds. The van der Waals surface area contributed by atoms with Crippen LogP contribution in [0.1, 0.15) is 273 Å². The second-order valence-electron chi connectivity index (χ2n) is 22.8. The maximum Gasteiger partial charge on any atom is 0.257 e. The van der Waals surface area contributed by atoms with E-state index in [2.05, 4.69) is 88.6 Å². The predicted molar refractivity (Wildman–Crippen MR) is 338 cm³/mol. The zero-order valence-electron chi connectivity index (χ0n) is 51.8. The molecule has 452 valence electrons. The molecular formula is C70H114N2O8. The van der Waals surface area contributed by atoms with Gasteiger partial charge in [0, 0.05) is 13.1 Å². The van der Waals surface area contributed by atoms with Gasteiger partial charge in [-0.1, -0.05) is 234 Å². The molecule has 0 saturated heterocycles. The second-order valence-corrected chi connectivity index (χ2v) is 22.8. The summed E-state index contributed by atoms with van der Waals surface area (Å²) in [6.07, 6.45) is 42.2. The largest absolute Gasteiger partial charge is 0.490 e. The average molecular weight is 1110 g/mol. The highest BCUT2D eigenvalue weighted by Crippen LogP contribution is 2.47. The molecule has 10 nitrogen and oxygen atoms in total. The van der Waals surface area contributed by atoms with Crippen molar-refractivity contribution >= 4 is 44.1 Å². The summed E-state index contributed by atoms with van der Waals surface area (Å²) in [6.45, 7) is 16.7. The summed E-state index contributed by atoms with van der Waals surface area (Å²) in [4.78, 5) is 26.9. The van der Waals surface area contributed by atoms with E-state index in [4.69, 9.17) is 28.4 Å². The number of nitrogens with one attached hydrogen (secondary N) is 2. The van der Waals surface area contributed by atoms with E-state index in [0.717, 1.165) is 161 Å². The Morgan fingerprint density at radius 3 is 0.675 bits per heavy atom. The lowest BCUT2D eigenvalue weighted by Crippen LogP contribution is -2.29. The molecule has 0 atom stereocenters. The molecule has 0 bridgehead atoms. The highest BCUT2D eigenvalue weighted by Gasteiger charge is 2.22. The molecule has 0 unspecified atom stereocenters. The third-order valence-corrected chi connectivity index (χ3v) is 15.6. The van der Waals surface area contributed by atoms with Crippen molar-refractivity contribution < 1.29 is 38.0 Å². The predicted octanol–water partition coefficient (Wildman–Crippen LogP) is 19.8. The van der Waals surface area contributed by atoms with Gasteiger partial charge in [0.1, 0.15) is 0 Å². The summed E-state index contributed by atoms with van der Waals surface area (Å²) in [5.41, 5.74) is 0. The third-order valence-electron chi connectivity index (χ3n) is 15.6. The molecule has 2 N–H and O–H groups in total. The lowest BCUT2D eigenvalue weighted by molar-refractivity contribution is -0.123. The van der Waals surface area contributed by atoms with Crippen LogP contribution in [0.5, 0.6) is 34.5 Å². The van der Waals surface area contributed by atoms with Crippen LogP contribution in [0.4, 0.5) is 0 Å². The van der Waals surface area contributed by atoms with Crippen LogP contribution in [0, 0.1) is 0 Å². The first-order valence-electron chi connectivity index (χ1n) is 33.2. The van der Waals surface area contributed by atoms with E-state index in [1.807, 2.05) is 0 Å². The van der Waals surface area contributed by atoms with Crippen LogP contribution in [-0.2, 0) is 9.59 Å². The van der Waals surface area contributed by atoms with Crippen LogP contribution in [0.15, 0.2) is 36.4 Å². The summed E-state index contributed by atoms with van der Waals surface area (Å²) in [5.74, 6) is 3.37. The number of unbranched alkanes of at least 4 members (excludes halogenated alkanes) is 30. The molecule has 80 heavy (non-hydrogen) atoms. The summed E-state index contributed by atoms with van der Waals surface area (Å²) in [5, 5.41) is 11.9. The lowest BCUT2D eigenvalue weighted by Gasteiger charge is -2.20. The molecule has 4 aromatic rings. The van der Waals surface area contributed by atoms with Gasteiger partial charge < -0.3 is 39.1 Å². The van der Waals surface area contributed by atoms with Gasteiger partial charge in [0.05, 0.1) is 26.4 Å². The zero-order chi connectivity index (χ0) is 57.1. The van der Waals surface area contributed by atoms with Crippen LogP contribution in [-0.4, -0.2) is 64.5 Å². The smallest absolute Gasteiger partial charge is 0.257 e. The average Bonchev–Trinajstić information content (AvgIpc) is 3.49. The fraction of sp³-hybridized carbons (Fsp3) is 0.714. The number of carbonyl (C=O) groups is 2. The van der Waals surface area contributed by atoms with Crippen molar-refractivity contribution in [3.05, 3.63) is 36.4 Å². The van der Waals surface area contributed by atoms with Crippen LogP contribution < -0.4 is 39.1 Å². The Bertz CT molecular complexity index is 2080. The minimum absolute atomic E-state index is 0.118. The van der Waals surface area contributed by atoms with Crippen molar-refractivity contribution in [3.63, 3.8) is 0 Å². The molecule has 0 saturated carbocycles. The van der Waals surface area contributed by atoms with E-state index in [9.17, 15) is 9.59 Å². The third kappa shape index (κ3) is 27.0. The van der Waals surface area contributed by atoms with Crippen molar-refractivity contribution in [2.75, 3.05) is 52.7 Å². The molecule has 0 aliphatic carbocycles. The van der Waals surface area contributed by atoms with E-state index >= 15 is 0 Å². The van der Waals surface area contributed by atoms with Gasteiger partial charge in [0.15, 0.2) is 47.7 Å². The molecule has 0 aliphatic heterocycles. The Labute approximate surface area is 487 Å². The van der Waals surface area contributed by atoms with Crippen molar-refractivity contribution in [3.8, 4) is 34.5 Å². The minimum Gasteiger partial charge on any atom is -0.490 e. The van der Waals surface area contributed by atoms with Crippen LogP contribution in [0.25, 0.3) is 32.3 Å². The van der Waals surface area contributed by atoms with Gasteiger partial charge >= 0.3 is 0 Å². The van der Waals surface area contributed by atoms with Gasteiger partial charge in [-0.25, -0.2) is 0 Å². The van der Waals surface area contributed by atoms with E-state index in [-0.39, 0.29) is 25.0 Å². The number of carbonyl (C=O) groups excluding carboxylic acids is 2. The number of rotatable bonds is 52. The maximum atomic E-state index is 13.5. The zero-order valence-corrected chi connectivity index (χ0v) is 51.8. The van der Waals surface area contributed by atoms with E-state index < -0.39 is 0 Å². The molecule has 0 spiro atoms. The van der Waals surface area contributed by atoms with Crippen molar-refractivity contribution in [2.24, 2.45) is 0 Å². The first-order valence-corrected chi connectivity index (χ1v) is 33.2. The number of fused-ring (bicyclic) bond motifs is 6. The van der Waals surface area contributed by atoms with Gasteiger partial charge in [0.2, 0.25) is 0 Å². The second kappa shape index (κ2) is 44.0. The minimum atomic E-state index is -0.140. The summed E-state index contributed by atoms with van der Waals surface area (Å²) in [7, 11) is 0.